The van der Waals surface area contributed by atoms with Crippen molar-refractivity contribution in [3.05, 3.63) is 54.6 Å². The van der Waals surface area contributed by atoms with Gasteiger partial charge in [-0.2, -0.15) is 0 Å². The van der Waals surface area contributed by atoms with Gasteiger partial charge in [-0.05, 0) is 43.5 Å². The molecule has 1 atom stereocenters. The number of rotatable bonds is 5. The lowest BCUT2D eigenvalue weighted by Gasteiger charge is -2.33. The Morgan fingerprint density at radius 2 is 1.82 bits per heavy atom. The molecule has 1 aromatic heterocycles. The molecule has 1 fully saturated rings. The molecule has 2 heterocycles. The van der Waals surface area contributed by atoms with E-state index in [-0.39, 0.29) is 11.7 Å². The summed E-state index contributed by atoms with van der Waals surface area (Å²) in [5.74, 6) is -0.269. The molecule has 0 bridgehead atoms. The molecule has 7 heteroatoms. The maximum absolute atomic E-state index is 12.8. The van der Waals surface area contributed by atoms with Crippen LogP contribution in [0.15, 0.2) is 59.8 Å². The van der Waals surface area contributed by atoms with Gasteiger partial charge in [-0.1, -0.05) is 42.1 Å². The van der Waals surface area contributed by atoms with Crippen LogP contribution >= 0.6 is 11.8 Å². The third-order valence-electron chi connectivity index (χ3n) is 5.02. The molecule has 1 aliphatic heterocycles. The summed E-state index contributed by atoms with van der Waals surface area (Å²) in [7, 11) is 0. The lowest BCUT2D eigenvalue weighted by molar-refractivity contribution is -0.138. The number of nitrogens with zero attached hydrogens (tertiary/aromatic N) is 3. The largest absolute Gasteiger partial charge is 0.368 e. The SMILES string of the molecule is NC(=O)C1CCCCN1C(=O)CSc1nc2ccccc2n1-c1ccccc1. The number of thioether (sulfide) groups is 1. The van der Waals surface area contributed by atoms with Gasteiger partial charge in [0.2, 0.25) is 11.8 Å². The summed E-state index contributed by atoms with van der Waals surface area (Å²) < 4.78 is 2.06. The van der Waals surface area contributed by atoms with Crippen molar-refractivity contribution in [2.75, 3.05) is 12.3 Å². The Morgan fingerprint density at radius 3 is 2.61 bits per heavy atom. The second-order valence-electron chi connectivity index (χ2n) is 6.84. The molecule has 28 heavy (non-hydrogen) atoms. The number of piperidine rings is 1. The van der Waals surface area contributed by atoms with Gasteiger partial charge in [-0.3, -0.25) is 14.2 Å². The Bertz CT molecular complexity index is 1000. The van der Waals surface area contributed by atoms with Crippen LogP contribution in [0.2, 0.25) is 0 Å². The Hall–Kier alpha value is -2.80. The van der Waals surface area contributed by atoms with Crippen LogP contribution in [0.25, 0.3) is 16.7 Å². The van der Waals surface area contributed by atoms with Gasteiger partial charge in [0, 0.05) is 12.2 Å². The predicted molar refractivity (Wildman–Crippen MR) is 110 cm³/mol. The van der Waals surface area contributed by atoms with Gasteiger partial charge >= 0.3 is 0 Å². The molecule has 1 saturated heterocycles. The monoisotopic (exact) mass is 394 g/mol. The minimum absolute atomic E-state index is 0.0693. The number of benzene rings is 2. The van der Waals surface area contributed by atoms with E-state index in [9.17, 15) is 9.59 Å². The number of likely N-dealkylation sites (tertiary alicyclic amines) is 1. The van der Waals surface area contributed by atoms with E-state index in [4.69, 9.17) is 10.7 Å². The summed E-state index contributed by atoms with van der Waals surface area (Å²) in [6, 6.07) is 17.4. The van der Waals surface area contributed by atoms with Crippen LogP contribution < -0.4 is 5.73 Å². The highest BCUT2D eigenvalue weighted by molar-refractivity contribution is 7.99. The van der Waals surface area contributed by atoms with Crippen LogP contribution in [-0.4, -0.2) is 44.6 Å². The molecule has 3 aromatic rings. The van der Waals surface area contributed by atoms with Crippen LogP contribution in [0.3, 0.4) is 0 Å². The molecular weight excluding hydrogens is 372 g/mol. The minimum atomic E-state index is -0.491. The second kappa shape index (κ2) is 8.06. The Labute approximate surface area is 167 Å². The van der Waals surface area contributed by atoms with Crippen molar-refractivity contribution in [3.63, 3.8) is 0 Å². The molecule has 0 spiro atoms. The first kappa shape index (κ1) is 18.6. The van der Waals surface area contributed by atoms with Gasteiger partial charge in [0.15, 0.2) is 5.16 Å². The number of imidazole rings is 1. The smallest absolute Gasteiger partial charge is 0.240 e. The lowest BCUT2D eigenvalue weighted by atomic mass is 10.0. The first-order valence-corrected chi connectivity index (χ1v) is 10.4. The fourth-order valence-electron chi connectivity index (χ4n) is 3.66. The fourth-order valence-corrected chi connectivity index (χ4v) is 4.58. The van der Waals surface area contributed by atoms with Crippen molar-refractivity contribution in [1.82, 2.24) is 14.5 Å². The highest BCUT2D eigenvalue weighted by Crippen LogP contribution is 2.28. The third kappa shape index (κ3) is 3.62. The summed E-state index contributed by atoms with van der Waals surface area (Å²) in [4.78, 5) is 30.9. The average molecular weight is 395 g/mol. The van der Waals surface area contributed by atoms with E-state index in [2.05, 4.69) is 4.57 Å². The highest BCUT2D eigenvalue weighted by Gasteiger charge is 2.30. The average Bonchev–Trinajstić information content (AvgIpc) is 3.11. The zero-order chi connectivity index (χ0) is 19.5. The summed E-state index contributed by atoms with van der Waals surface area (Å²) >= 11 is 1.39. The maximum Gasteiger partial charge on any atom is 0.240 e. The van der Waals surface area contributed by atoms with Crippen LogP contribution in [0, 0.1) is 0 Å². The van der Waals surface area contributed by atoms with Crippen molar-refractivity contribution >= 4 is 34.6 Å². The minimum Gasteiger partial charge on any atom is -0.368 e. The van der Waals surface area contributed by atoms with Crippen molar-refractivity contribution in [2.24, 2.45) is 5.73 Å². The molecule has 2 amide bonds. The molecule has 0 aliphatic carbocycles. The number of para-hydroxylation sites is 3. The molecule has 2 N–H and O–H groups in total. The number of hydrogen-bond acceptors (Lipinski definition) is 4. The van der Waals surface area contributed by atoms with Gasteiger partial charge in [-0.15, -0.1) is 0 Å². The summed E-state index contributed by atoms with van der Waals surface area (Å²) in [6.45, 7) is 0.585. The lowest BCUT2D eigenvalue weighted by Crippen LogP contribution is -2.51. The van der Waals surface area contributed by atoms with Gasteiger partial charge in [0.25, 0.3) is 0 Å². The van der Waals surface area contributed by atoms with E-state index >= 15 is 0 Å². The summed E-state index contributed by atoms with van der Waals surface area (Å²) in [5, 5.41) is 0.758. The first-order valence-electron chi connectivity index (χ1n) is 9.39. The van der Waals surface area contributed by atoms with E-state index in [0.717, 1.165) is 34.7 Å². The zero-order valence-corrected chi connectivity index (χ0v) is 16.3. The van der Waals surface area contributed by atoms with Crippen LogP contribution in [0.1, 0.15) is 19.3 Å². The van der Waals surface area contributed by atoms with Gasteiger partial charge < -0.3 is 10.6 Å². The number of aromatic nitrogens is 2. The third-order valence-corrected chi connectivity index (χ3v) is 5.94. The Kier molecular flexibility index (Phi) is 5.34. The maximum atomic E-state index is 12.8. The number of carbonyl (C=O) groups excluding carboxylic acids is 2. The number of fused-ring (bicyclic) bond motifs is 1. The van der Waals surface area contributed by atoms with E-state index < -0.39 is 11.9 Å². The molecule has 0 saturated carbocycles. The van der Waals surface area contributed by atoms with E-state index in [0.29, 0.717) is 13.0 Å². The zero-order valence-electron chi connectivity index (χ0n) is 15.5. The van der Waals surface area contributed by atoms with Gasteiger partial charge in [0.05, 0.1) is 16.8 Å². The van der Waals surface area contributed by atoms with Crippen molar-refractivity contribution in [2.45, 2.75) is 30.5 Å². The second-order valence-corrected chi connectivity index (χ2v) is 7.79. The quantitative estimate of drug-likeness (QED) is 0.675. The number of amides is 2. The summed E-state index contributed by atoms with van der Waals surface area (Å²) in [5.41, 5.74) is 8.38. The standard InChI is InChI=1S/C21H22N4O2S/c22-20(27)18-12-6-7-13-24(18)19(26)14-28-21-23-16-10-4-5-11-17(16)25(21)15-8-2-1-3-9-15/h1-5,8-11,18H,6-7,12-14H2,(H2,22,27). The van der Waals surface area contributed by atoms with Crippen molar-refractivity contribution in [3.8, 4) is 5.69 Å². The fraction of sp³-hybridized carbons (Fsp3) is 0.286. The van der Waals surface area contributed by atoms with Crippen LogP contribution in [0.4, 0.5) is 0 Å². The Morgan fingerprint density at radius 1 is 1.07 bits per heavy atom. The van der Waals surface area contributed by atoms with Crippen LogP contribution in [-0.2, 0) is 9.59 Å². The van der Waals surface area contributed by atoms with E-state index in [1.54, 1.807) is 4.90 Å². The number of primary amides is 1. The normalized spacial score (nSPS) is 17.0. The molecule has 2 aromatic carbocycles. The Balaban J connectivity index is 1.60. The number of nitrogens with two attached hydrogens (primary N) is 1. The molecular formula is C21H22N4O2S. The predicted octanol–water partition coefficient (Wildman–Crippen LogP) is 2.98. The van der Waals surface area contributed by atoms with Crippen molar-refractivity contribution in [1.29, 1.82) is 0 Å². The van der Waals surface area contributed by atoms with E-state index in [1.807, 2.05) is 54.6 Å². The highest BCUT2D eigenvalue weighted by atomic mass is 32.2. The molecule has 6 nitrogen and oxygen atoms in total. The molecule has 0 radical (unpaired) electrons. The molecule has 1 aliphatic rings. The van der Waals surface area contributed by atoms with Crippen molar-refractivity contribution < 1.29 is 9.59 Å². The van der Waals surface area contributed by atoms with Gasteiger partial charge in [0.1, 0.15) is 6.04 Å². The summed E-state index contributed by atoms with van der Waals surface area (Å²) in [6.07, 6.45) is 2.48. The number of hydrogen-bond donors (Lipinski definition) is 1. The number of carbonyl (C=O) groups is 2. The van der Waals surface area contributed by atoms with Crippen LogP contribution in [0.5, 0.6) is 0 Å². The first-order chi connectivity index (χ1) is 13.6. The molecule has 144 valence electrons. The topological polar surface area (TPSA) is 81.2 Å². The van der Waals surface area contributed by atoms with E-state index in [1.165, 1.54) is 11.8 Å². The van der Waals surface area contributed by atoms with Gasteiger partial charge in [-0.25, -0.2) is 4.98 Å². The molecule has 4 rings (SSSR count). The molecule has 1 unspecified atom stereocenters.